The number of ether oxygens (including phenoxy) is 1. The van der Waals surface area contributed by atoms with E-state index in [1.54, 1.807) is 48.5 Å². The Labute approximate surface area is 149 Å². The third-order valence-electron chi connectivity index (χ3n) is 5.04. The summed E-state index contributed by atoms with van der Waals surface area (Å²) in [4.78, 5) is 39.5. The maximum atomic E-state index is 13.3. The van der Waals surface area contributed by atoms with E-state index in [2.05, 4.69) is 0 Å². The number of hydrogen-bond acceptors (Lipinski definition) is 4. The second-order valence-electron chi connectivity index (χ2n) is 6.17. The molecule has 25 heavy (non-hydrogen) atoms. The van der Waals surface area contributed by atoms with E-state index < -0.39 is 29.1 Å². The van der Waals surface area contributed by atoms with E-state index in [9.17, 15) is 14.4 Å². The van der Waals surface area contributed by atoms with Crippen molar-refractivity contribution in [2.24, 2.45) is 11.8 Å². The van der Waals surface area contributed by atoms with Crippen LogP contribution in [0.2, 0.25) is 5.02 Å². The molecule has 2 aromatic rings. The molecule has 2 fully saturated rings. The van der Waals surface area contributed by atoms with Gasteiger partial charge in [-0.3, -0.25) is 14.4 Å². The zero-order valence-corrected chi connectivity index (χ0v) is 14.1. The Morgan fingerprint density at radius 1 is 1.08 bits per heavy atom. The van der Waals surface area contributed by atoms with E-state index in [1.807, 2.05) is 6.07 Å². The van der Waals surface area contributed by atoms with Gasteiger partial charge in [-0.1, -0.05) is 41.9 Å². The van der Waals surface area contributed by atoms with Gasteiger partial charge in [-0.15, -0.1) is 0 Å². The van der Waals surface area contributed by atoms with Gasteiger partial charge in [0.25, 0.3) is 0 Å². The van der Waals surface area contributed by atoms with Crippen molar-refractivity contribution in [1.82, 2.24) is 0 Å². The van der Waals surface area contributed by atoms with Gasteiger partial charge in [0, 0.05) is 5.02 Å². The van der Waals surface area contributed by atoms with Gasteiger partial charge in [0.05, 0.1) is 24.6 Å². The average molecular weight is 356 g/mol. The van der Waals surface area contributed by atoms with Gasteiger partial charge < -0.3 is 4.74 Å². The Bertz CT molecular complexity index is 880. The number of carbonyl (C=O) groups excluding carboxylic acids is 3. The molecule has 1 aliphatic heterocycles. The molecule has 0 radical (unpaired) electrons. The molecule has 2 aromatic carbocycles. The van der Waals surface area contributed by atoms with Crippen LogP contribution in [-0.2, 0) is 24.5 Å². The van der Waals surface area contributed by atoms with Crippen molar-refractivity contribution in [3.05, 3.63) is 65.2 Å². The molecule has 0 spiro atoms. The predicted octanol–water partition coefficient (Wildman–Crippen LogP) is 2.57. The van der Waals surface area contributed by atoms with Crippen LogP contribution >= 0.6 is 11.6 Å². The van der Waals surface area contributed by atoms with E-state index in [1.165, 1.54) is 12.0 Å². The molecular weight excluding hydrogens is 342 g/mol. The Morgan fingerprint density at radius 3 is 2.32 bits per heavy atom. The van der Waals surface area contributed by atoms with Crippen molar-refractivity contribution in [3.63, 3.8) is 0 Å². The van der Waals surface area contributed by atoms with Crippen LogP contribution in [0.5, 0.6) is 0 Å². The molecule has 1 saturated carbocycles. The van der Waals surface area contributed by atoms with Crippen LogP contribution in [0.25, 0.3) is 0 Å². The van der Waals surface area contributed by atoms with Crippen molar-refractivity contribution in [3.8, 4) is 0 Å². The number of esters is 1. The second-order valence-corrected chi connectivity index (χ2v) is 6.61. The first-order valence-corrected chi connectivity index (χ1v) is 8.18. The first kappa shape index (κ1) is 15.8. The topological polar surface area (TPSA) is 63.7 Å². The third-order valence-corrected chi connectivity index (χ3v) is 5.29. The normalized spacial score (nSPS) is 27.2. The summed E-state index contributed by atoms with van der Waals surface area (Å²) in [5.74, 6) is -2.85. The Morgan fingerprint density at radius 2 is 1.72 bits per heavy atom. The second kappa shape index (κ2) is 5.43. The highest BCUT2D eigenvalue weighted by molar-refractivity contribution is 6.32. The van der Waals surface area contributed by atoms with E-state index in [4.69, 9.17) is 16.3 Å². The van der Waals surface area contributed by atoms with Crippen molar-refractivity contribution < 1.29 is 19.1 Å². The Balaban J connectivity index is 1.84. The number of benzene rings is 2. The monoisotopic (exact) mass is 355 g/mol. The number of imide groups is 1. The summed E-state index contributed by atoms with van der Waals surface area (Å²) in [6, 6.07) is 15.4. The highest BCUT2D eigenvalue weighted by atomic mass is 35.5. The molecule has 6 heteroatoms. The molecule has 126 valence electrons. The van der Waals surface area contributed by atoms with E-state index in [-0.39, 0.29) is 5.91 Å². The number of amides is 2. The first-order chi connectivity index (χ1) is 12.0. The number of anilines is 1. The lowest BCUT2D eigenvalue weighted by Gasteiger charge is -2.22. The summed E-state index contributed by atoms with van der Waals surface area (Å²) in [5.41, 5.74) is -0.0966. The number of hydrogen-bond donors (Lipinski definition) is 0. The highest BCUT2D eigenvalue weighted by Gasteiger charge is 2.83. The van der Waals surface area contributed by atoms with Crippen LogP contribution in [0.4, 0.5) is 5.69 Å². The fourth-order valence-electron chi connectivity index (χ4n) is 3.89. The smallest absolute Gasteiger partial charge is 0.310 e. The number of rotatable bonds is 3. The molecule has 3 unspecified atom stereocenters. The van der Waals surface area contributed by atoms with Gasteiger partial charge in [-0.05, 0) is 29.8 Å². The van der Waals surface area contributed by atoms with Crippen LogP contribution in [0.1, 0.15) is 5.56 Å². The quantitative estimate of drug-likeness (QED) is 0.627. The van der Waals surface area contributed by atoms with Crippen LogP contribution in [0.15, 0.2) is 54.6 Å². The maximum absolute atomic E-state index is 13.3. The lowest BCUT2D eigenvalue weighted by atomic mass is 9.91. The minimum atomic E-state index is -1.20. The SMILES string of the molecule is COC(=O)C1C2C(=O)N(c3ccccc3)C(=O)C12c1ccc(Cl)cc1. The summed E-state index contributed by atoms with van der Waals surface area (Å²) >= 11 is 5.94. The molecule has 5 nitrogen and oxygen atoms in total. The number of piperidine rings is 1. The lowest BCUT2D eigenvalue weighted by molar-refractivity contribution is -0.145. The van der Waals surface area contributed by atoms with Gasteiger partial charge in [0.2, 0.25) is 11.8 Å². The molecule has 1 aliphatic carbocycles. The van der Waals surface area contributed by atoms with Crippen LogP contribution in [0, 0.1) is 11.8 Å². The van der Waals surface area contributed by atoms with Gasteiger partial charge in [0.1, 0.15) is 5.41 Å². The molecule has 1 heterocycles. The Hall–Kier alpha value is -2.66. The minimum Gasteiger partial charge on any atom is -0.469 e. The summed E-state index contributed by atoms with van der Waals surface area (Å²) in [7, 11) is 1.26. The third kappa shape index (κ3) is 1.99. The molecule has 2 aliphatic rings. The zero-order chi connectivity index (χ0) is 17.8. The van der Waals surface area contributed by atoms with Gasteiger partial charge >= 0.3 is 5.97 Å². The van der Waals surface area contributed by atoms with E-state index in [0.717, 1.165) is 0 Å². The molecule has 0 N–H and O–H groups in total. The van der Waals surface area contributed by atoms with Crippen molar-refractivity contribution in [2.45, 2.75) is 5.41 Å². The number of nitrogens with zero attached hydrogens (tertiary/aromatic N) is 1. The summed E-state index contributed by atoms with van der Waals surface area (Å²) in [6.45, 7) is 0. The van der Waals surface area contributed by atoms with Crippen molar-refractivity contribution in [2.75, 3.05) is 12.0 Å². The summed E-state index contributed by atoms with van der Waals surface area (Å²) in [6.07, 6.45) is 0. The Kier molecular flexibility index (Phi) is 3.44. The fraction of sp³-hybridized carbons (Fsp3) is 0.211. The molecule has 0 bridgehead atoms. The highest BCUT2D eigenvalue weighted by Crippen LogP contribution is 2.66. The van der Waals surface area contributed by atoms with E-state index >= 15 is 0 Å². The number of halogens is 1. The largest absolute Gasteiger partial charge is 0.469 e. The summed E-state index contributed by atoms with van der Waals surface area (Å²) in [5, 5.41) is 0.517. The average Bonchev–Trinajstić information content (AvgIpc) is 3.28. The molecule has 0 aromatic heterocycles. The van der Waals surface area contributed by atoms with Gasteiger partial charge in [0.15, 0.2) is 0 Å². The van der Waals surface area contributed by atoms with E-state index in [0.29, 0.717) is 16.3 Å². The lowest BCUT2D eigenvalue weighted by Crippen LogP contribution is -2.40. The molecule has 4 rings (SSSR count). The fourth-order valence-corrected chi connectivity index (χ4v) is 4.02. The van der Waals surface area contributed by atoms with Crippen LogP contribution in [-0.4, -0.2) is 24.9 Å². The number of para-hydroxylation sites is 1. The number of fused-ring (bicyclic) bond motifs is 1. The maximum Gasteiger partial charge on any atom is 0.310 e. The predicted molar refractivity (Wildman–Crippen MR) is 91.1 cm³/mol. The summed E-state index contributed by atoms with van der Waals surface area (Å²) < 4.78 is 4.83. The van der Waals surface area contributed by atoms with Crippen LogP contribution < -0.4 is 4.90 Å². The molecule has 1 saturated heterocycles. The zero-order valence-electron chi connectivity index (χ0n) is 13.3. The number of methoxy groups -OCH3 is 1. The van der Waals surface area contributed by atoms with Gasteiger partial charge in [-0.25, -0.2) is 4.90 Å². The molecule has 2 amide bonds. The van der Waals surface area contributed by atoms with Crippen molar-refractivity contribution in [1.29, 1.82) is 0 Å². The standard InChI is InChI=1S/C19H14ClNO4/c1-25-17(23)15-14-16(22)21(13-5-3-2-4-6-13)18(24)19(14,15)11-7-9-12(20)10-8-11/h2-10,14-15H,1H3. The van der Waals surface area contributed by atoms with Crippen molar-refractivity contribution >= 4 is 35.1 Å². The minimum absolute atomic E-state index is 0.374. The molecule has 3 atom stereocenters. The van der Waals surface area contributed by atoms with Gasteiger partial charge in [-0.2, -0.15) is 0 Å². The molecular formula is C19H14ClNO4. The van der Waals surface area contributed by atoms with Crippen LogP contribution in [0.3, 0.4) is 0 Å². The number of carbonyl (C=O) groups is 3. The first-order valence-electron chi connectivity index (χ1n) is 7.80.